The Morgan fingerprint density at radius 3 is 2.48 bits per heavy atom. The molecule has 0 fully saturated rings. The van der Waals surface area contributed by atoms with Crippen molar-refractivity contribution in [2.75, 3.05) is 0 Å². The van der Waals surface area contributed by atoms with E-state index >= 15 is 0 Å². The van der Waals surface area contributed by atoms with Gasteiger partial charge in [-0.25, -0.2) is 0 Å². The highest BCUT2D eigenvalue weighted by molar-refractivity contribution is 5.57. The van der Waals surface area contributed by atoms with Gasteiger partial charge in [0.25, 0.3) is 0 Å². The molecule has 3 aromatic rings. The van der Waals surface area contributed by atoms with Gasteiger partial charge in [-0.05, 0) is 29.8 Å². The van der Waals surface area contributed by atoms with Crippen LogP contribution in [0.25, 0.3) is 0 Å². The maximum absolute atomic E-state index is 9.51. The predicted octanol–water partition coefficient (Wildman–Crippen LogP) is 4.07. The van der Waals surface area contributed by atoms with Crippen LogP contribution in [0.1, 0.15) is 22.6 Å². The lowest BCUT2D eigenvalue weighted by Crippen LogP contribution is -2.11. The highest BCUT2D eigenvalue weighted by Gasteiger charge is 2.28. The smallest absolute Gasteiger partial charge is 0.149 e. The second-order valence-corrected chi connectivity index (χ2v) is 5.08. The van der Waals surface area contributed by atoms with Crippen LogP contribution in [0.5, 0.6) is 17.2 Å². The Hall–Kier alpha value is -2.81. The standard InChI is InChI=1S/C18H13NO2/c20-13-7-5-12(6-8-13)18-14-3-1-2-4-16(14)21-17-11-19-10-9-15(17)18/h1-11,18,20H. The van der Waals surface area contributed by atoms with Gasteiger partial charge in [-0.2, -0.15) is 0 Å². The summed E-state index contributed by atoms with van der Waals surface area (Å²) >= 11 is 0. The highest BCUT2D eigenvalue weighted by Crippen LogP contribution is 2.46. The van der Waals surface area contributed by atoms with Gasteiger partial charge in [0.1, 0.15) is 17.2 Å². The summed E-state index contributed by atoms with van der Waals surface area (Å²) in [6, 6.07) is 17.4. The van der Waals surface area contributed by atoms with Crippen LogP contribution in [0.4, 0.5) is 0 Å². The molecule has 0 bridgehead atoms. The summed E-state index contributed by atoms with van der Waals surface area (Å²) in [6.45, 7) is 0. The number of phenols is 1. The third-order valence-corrected chi connectivity index (χ3v) is 3.80. The first-order valence-electron chi connectivity index (χ1n) is 6.82. The summed E-state index contributed by atoms with van der Waals surface area (Å²) in [7, 11) is 0. The van der Waals surface area contributed by atoms with Gasteiger partial charge in [-0.15, -0.1) is 0 Å². The fourth-order valence-electron chi connectivity index (χ4n) is 2.84. The molecule has 1 atom stereocenters. The highest BCUT2D eigenvalue weighted by atomic mass is 16.5. The quantitative estimate of drug-likeness (QED) is 0.569. The average Bonchev–Trinajstić information content (AvgIpc) is 2.53. The summed E-state index contributed by atoms with van der Waals surface area (Å²) in [6.07, 6.45) is 3.53. The minimum absolute atomic E-state index is 0.0912. The molecule has 1 aromatic heterocycles. The monoisotopic (exact) mass is 275 g/mol. The number of hydrogen-bond donors (Lipinski definition) is 1. The van der Waals surface area contributed by atoms with E-state index in [0.29, 0.717) is 0 Å². The van der Waals surface area contributed by atoms with Gasteiger partial charge in [-0.1, -0.05) is 30.3 Å². The van der Waals surface area contributed by atoms with Gasteiger partial charge in [0.05, 0.1) is 6.20 Å². The molecular formula is C18H13NO2. The van der Waals surface area contributed by atoms with Crippen LogP contribution < -0.4 is 4.74 Å². The lowest BCUT2D eigenvalue weighted by atomic mass is 9.83. The number of fused-ring (bicyclic) bond motifs is 2. The van der Waals surface area contributed by atoms with E-state index in [9.17, 15) is 5.11 Å². The number of aromatic hydroxyl groups is 1. The molecule has 1 aliphatic rings. The number of nitrogens with zero attached hydrogens (tertiary/aromatic N) is 1. The molecule has 0 amide bonds. The van der Waals surface area contributed by atoms with Gasteiger partial charge in [0.15, 0.2) is 0 Å². The molecule has 3 heteroatoms. The van der Waals surface area contributed by atoms with E-state index in [1.54, 1.807) is 24.5 Å². The van der Waals surface area contributed by atoms with E-state index in [-0.39, 0.29) is 11.7 Å². The molecule has 0 saturated carbocycles. The lowest BCUT2D eigenvalue weighted by molar-refractivity contribution is 0.450. The van der Waals surface area contributed by atoms with Crippen molar-refractivity contribution in [1.29, 1.82) is 0 Å². The van der Waals surface area contributed by atoms with E-state index in [2.05, 4.69) is 11.1 Å². The summed E-state index contributed by atoms with van der Waals surface area (Å²) in [5, 5.41) is 9.51. The molecule has 102 valence electrons. The van der Waals surface area contributed by atoms with Crippen LogP contribution in [0.2, 0.25) is 0 Å². The molecule has 2 heterocycles. The zero-order valence-corrected chi connectivity index (χ0v) is 11.2. The number of para-hydroxylation sites is 1. The maximum Gasteiger partial charge on any atom is 0.149 e. The summed E-state index contributed by atoms with van der Waals surface area (Å²) in [5.74, 6) is 2.01. The van der Waals surface area contributed by atoms with Gasteiger partial charge < -0.3 is 9.84 Å². The Kier molecular flexibility index (Phi) is 2.64. The van der Waals surface area contributed by atoms with Gasteiger partial charge >= 0.3 is 0 Å². The fourth-order valence-corrected chi connectivity index (χ4v) is 2.84. The van der Waals surface area contributed by atoms with Crippen LogP contribution >= 0.6 is 0 Å². The Balaban J connectivity index is 1.95. The normalized spacial score (nSPS) is 15.7. The minimum Gasteiger partial charge on any atom is -0.508 e. The van der Waals surface area contributed by atoms with Gasteiger partial charge in [-0.3, -0.25) is 4.98 Å². The van der Waals surface area contributed by atoms with Crippen LogP contribution in [-0.4, -0.2) is 10.1 Å². The summed E-state index contributed by atoms with van der Waals surface area (Å²) in [4.78, 5) is 4.15. The number of pyridine rings is 1. The zero-order chi connectivity index (χ0) is 14.2. The van der Waals surface area contributed by atoms with Gasteiger partial charge in [0.2, 0.25) is 0 Å². The van der Waals surface area contributed by atoms with Crippen LogP contribution in [-0.2, 0) is 0 Å². The molecule has 2 aromatic carbocycles. The minimum atomic E-state index is 0.0912. The summed E-state index contributed by atoms with van der Waals surface area (Å²) in [5.41, 5.74) is 3.34. The van der Waals surface area contributed by atoms with Crippen molar-refractivity contribution >= 4 is 0 Å². The number of ether oxygens (including phenoxy) is 1. The predicted molar refractivity (Wildman–Crippen MR) is 79.8 cm³/mol. The van der Waals surface area contributed by atoms with Crippen molar-refractivity contribution in [2.24, 2.45) is 0 Å². The Morgan fingerprint density at radius 1 is 0.857 bits per heavy atom. The molecule has 21 heavy (non-hydrogen) atoms. The Labute approximate surface area is 122 Å². The van der Waals surface area contributed by atoms with Gasteiger partial charge in [0, 0.05) is 23.2 Å². The molecule has 4 rings (SSSR count). The summed E-state index contributed by atoms with van der Waals surface area (Å²) < 4.78 is 5.94. The van der Waals surface area contributed by atoms with Crippen molar-refractivity contribution in [1.82, 2.24) is 4.98 Å². The maximum atomic E-state index is 9.51. The van der Waals surface area contributed by atoms with Crippen molar-refractivity contribution in [3.05, 3.63) is 83.7 Å². The largest absolute Gasteiger partial charge is 0.508 e. The van der Waals surface area contributed by atoms with E-state index in [0.717, 1.165) is 28.2 Å². The van der Waals surface area contributed by atoms with Crippen LogP contribution in [0, 0.1) is 0 Å². The topological polar surface area (TPSA) is 42.4 Å². The second kappa shape index (κ2) is 4.63. The third kappa shape index (κ3) is 1.94. The molecule has 1 unspecified atom stereocenters. The molecule has 0 spiro atoms. The fraction of sp³-hybridized carbons (Fsp3) is 0.0556. The Morgan fingerprint density at radius 2 is 1.62 bits per heavy atom. The van der Waals surface area contributed by atoms with E-state index < -0.39 is 0 Å². The molecule has 1 aliphatic heterocycles. The molecule has 1 N–H and O–H groups in total. The third-order valence-electron chi connectivity index (χ3n) is 3.80. The SMILES string of the molecule is Oc1ccc(C2c3ccccc3Oc3cnccc32)cc1. The number of aromatic nitrogens is 1. The molecule has 3 nitrogen and oxygen atoms in total. The van der Waals surface area contributed by atoms with E-state index in [1.807, 2.05) is 36.4 Å². The molecule has 0 radical (unpaired) electrons. The first-order chi connectivity index (χ1) is 10.3. The number of rotatable bonds is 1. The number of phenolic OH excluding ortho intramolecular Hbond substituents is 1. The van der Waals surface area contributed by atoms with Crippen molar-refractivity contribution in [3.8, 4) is 17.2 Å². The Bertz CT molecular complexity index is 751. The first-order valence-corrected chi connectivity index (χ1v) is 6.82. The van der Waals surface area contributed by atoms with Crippen molar-refractivity contribution in [2.45, 2.75) is 5.92 Å². The average molecular weight is 275 g/mol. The first kappa shape index (κ1) is 12.0. The van der Waals surface area contributed by atoms with E-state index in [1.165, 1.54) is 0 Å². The van der Waals surface area contributed by atoms with Crippen LogP contribution in [0.15, 0.2) is 67.0 Å². The molecule has 0 saturated heterocycles. The number of benzene rings is 2. The van der Waals surface area contributed by atoms with Crippen molar-refractivity contribution < 1.29 is 9.84 Å². The molecule has 0 aliphatic carbocycles. The van der Waals surface area contributed by atoms with E-state index in [4.69, 9.17) is 4.74 Å². The zero-order valence-electron chi connectivity index (χ0n) is 11.2. The molecular weight excluding hydrogens is 262 g/mol. The second-order valence-electron chi connectivity index (χ2n) is 5.08. The lowest BCUT2D eigenvalue weighted by Gasteiger charge is -2.28. The van der Waals surface area contributed by atoms with Crippen molar-refractivity contribution in [3.63, 3.8) is 0 Å². The van der Waals surface area contributed by atoms with Crippen LogP contribution in [0.3, 0.4) is 0 Å². The number of hydrogen-bond acceptors (Lipinski definition) is 3.